The summed E-state index contributed by atoms with van der Waals surface area (Å²) in [6.07, 6.45) is 8.06. The Hall–Kier alpha value is -1.98. The van der Waals surface area contributed by atoms with Crippen molar-refractivity contribution in [3.8, 4) is 0 Å². The number of hydrogen-bond acceptors (Lipinski definition) is 5. The van der Waals surface area contributed by atoms with Crippen molar-refractivity contribution in [2.75, 3.05) is 6.61 Å². The number of hydrogen-bond donors (Lipinski definition) is 1. The molecule has 6 heteroatoms. The Morgan fingerprint density at radius 2 is 2.09 bits per heavy atom. The molecule has 1 aromatic heterocycles. The molecule has 1 heterocycles. The van der Waals surface area contributed by atoms with E-state index < -0.39 is 5.41 Å². The molecular formula is C17H23N3O3. The van der Waals surface area contributed by atoms with Crippen LogP contribution in [0.2, 0.25) is 0 Å². The Morgan fingerprint density at radius 1 is 1.26 bits per heavy atom. The van der Waals surface area contributed by atoms with Crippen molar-refractivity contribution in [2.45, 2.75) is 57.9 Å². The Morgan fingerprint density at radius 3 is 2.83 bits per heavy atom. The summed E-state index contributed by atoms with van der Waals surface area (Å²) in [5.41, 5.74) is 0.317. The van der Waals surface area contributed by atoms with Crippen molar-refractivity contribution in [1.29, 1.82) is 0 Å². The second-order valence-electron chi connectivity index (χ2n) is 6.81. The third-order valence-electron chi connectivity index (χ3n) is 5.14. The van der Waals surface area contributed by atoms with Crippen LogP contribution in [0.3, 0.4) is 0 Å². The lowest BCUT2D eigenvalue weighted by molar-refractivity contribution is -0.156. The maximum Gasteiger partial charge on any atom is 0.312 e. The molecule has 2 atom stereocenters. The lowest BCUT2D eigenvalue weighted by atomic mass is 9.73. The fourth-order valence-corrected chi connectivity index (χ4v) is 4.10. The highest BCUT2D eigenvalue weighted by atomic mass is 16.5. The van der Waals surface area contributed by atoms with Gasteiger partial charge in [0.25, 0.3) is 5.91 Å². The van der Waals surface area contributed by atoms with Gasteiger partial charge in [-0.15, -0.1) is 0 Å². The number of esters is 1. The maximum atomic E-state index is 12.5. The molecule has 3 rings (SSSR count). The van der Waals surface area contributed by atoms with Crippen LogP contribution < -0.4 is 5.32 Å². The summed E-state index contributed by atoms with van der Waals surface area (Å²) in [6.45, 7) is 4.04. The summed E-state index contributed by atoms with van der Waals surface area (Å²) in [5, 5.41) is 3.14. The quantitative estimate of drug-likeness (QED) is 0.861. The summed E-state index contributed by atoms with van der Waals surface area (Å²) in [7, 11) is 0. The number of nitrogens with one attached hydrogen (secondary N) is 1. The third kappa shape index (κ3) is 2.94. The predicted molar refractivity (Wildman–Crippen MR) is 83.7 cm³/mol. The van der Waals surface area contributed by atoms with Gasteiger partial charge in [0.15, 0.2) is 0 Å². The summed E-state index contributed by atoms with van der Waals surface area (Å²) >= 11 is 0. The van der Waals surface area contributed by atoms with Crippen LogP contribution >= 0.6 is 0 Å². The van der Waals surface area contributed by atoms with Gasteiger partial charge in [0.05, 0.1) is 23.9 Å². The lowest BCUT2D eigenvalue weighted by Crippen LogP contribution is -2.50. The molecule has 1 aromatic rings. The van der Waals surface area contributed by atoms with Crippen molar-refractivity contribution in [3.63, 3.8) is 0 Å². The third-order valence-corrected chi connectivity index (χ3v) is 5.14. The highest BCUT2D eigenvalue weighted by Gasteiger charge is 2.56. The van der Waals surface area contributed by atoms with Crippen molar-refractivity contribution >= 4 is 11.9 Å². The number of nitrogens with zero attached hydrogens (tertiary/aromatic N) is 2. The minimum atomic E-state index is -0.417. The number of carbonyl (C=O) groups is 2. The average molecular weight is 317 g/mol. The van der Waals surface area contributed by atoms with E-state index in [1.807, 2.05) is 13.8 Å². The van der Waals surface area contributed by atoms with Gasteiger partial charge < -0.3 is 10.1 Å². The van der Waals surface area contributed by atoms with Gasteiger partial charge in [-0.1, -0.05) is 0 Å². The maximum absolute atomic E-state index is 12.5. The van der Waals surface area contributed by atoms with E-state index in [0.717, 1.165) is 32.1 Å². The number of ether oxygens (including phenoxy) is 1. The van der Waals surface area contributed by atoms with Crippen molar-refractivity contribution in [3.05, 3.63) is 23.8 Å². The van der Waals surface area contributed by atoms with Crippen LogP contribution in [-0.2, 0) is 9.53 Å². The summed E-state index contributed by atoms with van der Waals surface area (Å²) in [4.78, 5) is 33.1. The number of aryl methyl sites for hydroxylation is 1. The van der Waals surface area contributed by atoms with Crippen LogP contribution in [0, 0.1) is 12.3 Å². The monoisotopic (exact) mass is 317 g/mol. The summed E-state index contributed by atoms with van der Waals surface area (Å²) in [5.74, 6) is -0.311. The van der Waals surface area contributed by atoms with E-state index in [9.17, 15) is 9.59 Å². The van der Waals surface area contributed by atoms with Gasteiger partial charge in [-0.2, -0.15) is 0 Å². The first kappa shape index (κ1) is 15.9. The standard InChI is InChI=1S/C17H23N3O3/c1-3-23-15(22)16-5-4-6-17(11-16,8-7-16)20-14(21)13-10-18-9-12(2)19-13/h9-10H,3-8,11H2,1-2H3,(H,20,21). The number of aromatic nitrogens is 2. The van der Waals surface area contributed by atoms with Crippen LogP contribution in [0.4, 0.5) is 0 Å². The van der Waals surface area contributed by atoms with Gasteiger partial charge in [0, 0.05) is 11.7 Å². The first-order valence-corrected chi connectivity index (χ1v) is 8.27. The molecule has 0 saturated heterocycles. The zero-order valence-corrected chi connectivity index (χ0v) is 13.7. The largest absolute Gasteiger partial charge is 0.466 e. The SMILES string of the molecule is CCOC(=O)C12CCCC(NC(=O)c3cncc(C)n3)(CC1)C2. The minimum Gasteiger partial charge on any atom is -0.466 e. The topological polar surface area (TPSA) is 81.2 Å². The molecule has 1 amide bonds. The minimum absolute atomic E-state index is 0.105. The van der Waals surface area contributed by atoms with Gasteiger partial charge in [-0.25, -0.2) is 4.98 Å². The number of fused-ring (bicyclic) bond motifs is 2. The van der Waals surface area contributed by atoms with Crippen LogP contribution in [0.1, 0.15) is 61.6 Å². The molecule has 0 aliphatic heterocycles. The van der Waals surface area contributed by atoms with Crippen molar-refractivity contribution < 1.29 is 14.3 Å². The predicted octanol–water partition coefficient (Wildman–Crippen LogP) is 2.17. The zero-order valence-electron chi connectivity index (χ0n) is 13.7. The van der Waals surface area contributed by atoms with Gasteiger partial charge in [0.1, 0.15) is 5.69 Å². The molecule has 1 N–H and O–H groups in total. The van der Waals surface area contributed by atoms with E-state index in [-0.39, 0.29) is 17.4 Å². The smallest absolute Gasteiger partial charge is 0.312 e. The fraction of sp³-hybridized carbons (Fsp3) is 0.647. The normalized spacial score (nSPS) is 29.1. The molecule has 2 bridgehead atoms. The zero-order chi connectivity index (χ0) is 16.5. The van der Waals surface area contributed by atoms with Crippen molar-refractivity contribution in [2.24, 2.45) is 5.41 Å². The number of carbonyl (C=O) groups excluding carboxylic acids is 2. The summed E-state index contributed by atoms with van der Waals surface area (Å²) < 4.78 is 5.28. The van der Waals surface area contributed by atoms with Crippen LogP contribution in [0.15, 0.2) is 12.4 Å². The Labute approximate surface area is 136 Å². The molecule has 2 aliphatic carbocycles. The van der Waals surface area contributed by atoms with Crippen molar-refractivity contribution in [1.82, 2.24) is 15.3 Å². The first-order valence-electron chi connectivity index (χ1n) is 8.27. The van der Waals surface area contributed by atoms with Crippen LogP contribution in [-0.4, -0.2) is 34.0 Å². The molecule has 0 aromatic carbocycles. The van der Waals surface area contributed by atoms with E-state index in [0.29, 0.717) is 24.4 Å². The Balaban J connectivity index is 1.76. The average Bonchev–Trinajstić information content (AvgIpc) is 2.79. The van der Waals surface area contributed by atoms with E-state index in [1.165, 1.54) is 6.20 Å². The molecule has 2 aliphatic rings. The lowest BCUT2D eigenvalue weighted by Gasteiger charge is -2.38. The molecule has 2 saturated carbocycles. The first-order chi connectivity index (χ1) is 11.0. The highest BCUT2D eigenvalue weighted by Crippen LogP contribution is 2.54. The molecular weight excluding hydrogens is 294 g/mol. The Bertz CT molecular complexity index is 633. The molecule has 124 valence electrons. The Kier molecular flexibility index (Phi) is 4.08. The molecule has 2 unspecified atom stereocenters. The van der Waals surface area contributed by atoms with E-state index >= 15 is 0 Å². The van der Waals surface area contributed by atoms with E-state index in [4.69, 9.17) is 4.74 Å². The molecule has 23 heavy (non-hydrogen) atoms. The van der Waals surface area contributed by atoms with Crippen LogP contribution in [0.5, 0.6) is 0 Å². The van der Waals surface area contributed by atoms with Gasteiger partial charge in [-0.3, -0.25) is 14.6 Å². The molecule has 6 nitrogen and oxygen atoms in total. The molecule has 0 radical (unpaired) electrons. The van der Waals surface area contributed by atoms with Gasteiger partial charge >= 0.3 is 5.97 Å². The second-order valence-corrected chi connectivity index (χ2v) is 6.81. The number of rotatable bonds is 4. The fourth-order valence-electron chi connectivity index (χ4n) is 4.10. The van der Waals surface area contributed by atoms with E-state index in [1.54, 1.807) is 6.20 Å². The molecule has 0 spiro atoms. The second kappa shape index (κ2) is 5.91. The molecule has 2 fully saturated rings. The van der Waals surface area contributed by atoms with Gasteiger partial charge in [0.2, 0.25) is 0 Å². The summed E-state index contributed by atoms with van der Waals surface area (Å²) in [6, 6.07) is 0. The van der Waals surface area contributed by atoms with E-state index in [2.05, 4.69) is 15.3 Å². The van der Waals surface area contributed by atoms with Crippen LogP contribution in [0.25, 0.3) is 0 Å². The number of amides is 1. The highest BCUT2D eigenvalue weighted by molar-refractivity contribution is 5.92. The van der Waals surface area contributed by atoms with Gasteiger partial charge in [-0.05, 0) is 52.4 Å².